The minimum Gasteiger partial charge on any atom is -0.508 e. The van der Waals surface area contributed by atoms with E-state index < -0.39 is 0 Å². The van der Waals surface area contributed by atoms with E-state index in [1.807, 2.05) is 18.2 Å². The highest BCUT2D eigenvalue weighted by atomic mass is 16.3. The van der Waals surface area contributed by atoms with Gasteiger partial charge in [-0.15, -0.1) is 0 Å². The molecule has 1 nitrogen and oxygen atoms in total. The molecule has 3 rings (SSSR count). The highest BCUT2D eigenvalue weighted by Crippen LogP contribution is 2.45. The predicted octanol–water partition coefficient (Wildman–Crippen LogP) is 5.29. The van der Waals surface area contributed by atoms with Gasteiger partial charge < -0.3 is 5.11 Å². The molecule has 0 spiro atoms. The SMILES string of the molecule is C=Cc1ccc(C2(c3ccc(O)cc3)CCCCC2)cc1. The highest BCUT2D eigenvalue weighted by molar-refractivity contribution is 5.50. The second kappa shape index (κ2) is 5.77. The van der Waals surface area contributed by atoms with Crippen molar-refractivity contribution in [1.29, 1.82) is 0 Å². The van der Waals surface area contributed by atoms with Crippen LogP contribution in [0.3, 0.4) is 0 Å². The number of phenols is 1. The summed E-state index contributed by atoms with van der Waals surface area (Å²) in [5.74, 6) is 0.340. The number of benzene rings is 2. The molecule has 2 aromatic rings. The fourth-order valence-corrected chi connectivity index (χ4v) is 3.62. The van der Waals surface area contributed by atoms with Gasteiger partial charge >= 0.3 is 0 Å². The molecule has 0 saturated heterocycles. The van der Waals surface area contributed by atoms with E-state index >= 15 is 0 Å². The van der Waals surface area contributed by atoms with Gasteiger partial charge in [-0.1, -0.05) is 68.3 Å². The second-order valence-electron chi connectivity index (χ2n) is 6.02. The molecule has 1 fully saturated rings. The van der Waals surface area contributed by atoms with Crippen molar-refractivity contribution >= 4 is 6.08 Å². The van der Waals surface area contributed by atoms with Gasteiger partial charge in [0, 0.05) is 5.41 Å². The number of aromatic hydroxyl groups is 1. The van der Waals surface area contributed by atoms with Gasteiger partial charge in [-0.3, -0.25) is 0 Å². The zero-order valence-electron chi connectivity index (χ0n) is 12.4. The summed E-state index contributed by atoms with van der Waals surface area (Å²) >= 11 is 0. The lowest BCUT2D eigenvalue weighted by Gasteiger charge is -2.38. The summed E-state index contributed by atoms with van der Waals surface area (Å²) in [4.78, 5) is 0. The zero-order chi connectivity index (χ0) is 14.7. The summed E-state index contributed by atoms with van der Waals surface area (Å²) in [5.41, 5.74) is 3.98. The monoisotopic (exact) mass is 278 g/mol. The van der Waals surface area contributed by atoms with E-state index in [4.69, 9.17) is 0 Å². The van der Waals surface area contributed by atoms with Crippen molar-refractivity contribution in [3.63, 3.8) is 0 Å². The van der Waals surface area contributed by atoms with Gasteiger partial charge in [0.25, 0.3) is 0 Å². The summed E-state index contributed by atoms with van der Waals surface area (Å²) in [7, 11) is 0. The van der Waals surface area contributed by atoms with Crippen LogP contribution in [0.25, 0.3) is 6.08 Å². The first-order valence-electron chi connectivity index (χ1n) is 7.77. The molecule has 1 heteroatoms. The van der Waals surface area contributed by atoms with Gasteiger partial charge in [-0.25, -0.2) is 0 Å². The Morgan fingerprint density at radius 2 is 1.33 bits per heavy atom. The number of phenolic OH excluding ortho intramolecular Hbond substituents is 1. The number of rotatable bonds is 3. The smallest absolute Gasteiger partial charge is 0.115 e. The molecule has 0 amide bonds. The van der Waals surface area contributed by atoms with Gasteiger partial charge in [0.2, 0.25) is 0 Å². The van der Waals surface area contributed by atoms with Crippen LogP contribution in [0.2, 0.25) is 0 Å². The average Bonchev–Trinajstić information content (AvgIpc) is 2.56. The standard InChI is InChI=1S/C20H22O/c1-2-16-6-8-17(9-7-16)20(14-4-3-5-15-20)18-10-12-19(21)13-11-18/h2,6-13,21H,1,3-5,14-15H2. The second-order valence-corrected chi connectivity index (χ2v) is 6.02. The molecular weight excluding hydrogens is 256 g/mol. The van der Waals surface area contributed by atoms with Gasteiger partial charge in [0.15, 0.2) is 0 Å². The van der Waals surface area contributed by atoms with Crippen LogP contribution in [-0.4, -0.2) is 5.11 Å². The molecule has 0 aliphatic heterocycles. The van der Waals surface area contributed by atoms with Crippen molar-refractivity contribution in [2.24, 2.45) is 0 Å². The van der Waals surface area contributed by atoms with E-state index in [9.17, 15) is 5.11 Å². The molecule has 0 radical (unpaired) electrons. The number of hydrogen-bond donors (Lipinski definition) is 1. The summed E-state index contributed by atoms with van der Waals surface area (Å²) in [6.07, 6.45) is 8.12. The molecule has 1 aliphatic rings. The molecule has 1 N–H and O–H groups in total. The lowest BCUT2D eigenvalue weighted by molar-refractivity contribution is 0.345. The molecule has 21 heavy (non-hydrogen) atoms. The predicted molar refractivity (Wildman–Crippen MR) is 88.5 cm³/mol. The van der Waals surface area contributed by atoms with Crippen LogP contribution in [0.5, 0.6) is 5.75 Å². The van der Waals surface area contributed by atoms with Crippen molar-refractivity contribution in [2.75, 3.05) is 0 Å². The normalized spacial score (nSPS) is 17.3. The first-order chi connectivity index (χ1) is 10.2. The first-order valence-corrected chi connectivity index (χ1v) is 7.77. The third-order valence-corrected chi connectivity index (χ3v) is 4.83. The molecule has 0 bridgehead atoms. The van der Waals surface area contributed by atoms with Gasteiger partial charge in [-0.2, -0.15) is 0 Å². The minimum atomic E-state index is 0.103. The van der Waals surface area contributed by atoms with E-state index in [1.165, 1.54) is 43.2 Å². The van der Waals surface area contributed by atoms with Crippen molar-refractivity contribution < 1.29 is 5.11 Å². The maximum atomic E-state index is 9.57. The van der Waals surface area contributed by atoms with Crippen molar-refractivity contribution in [1.82, 2.24) is 0 Å². The lowest BCUT2D eigenvalue weighted by atomic mass is 9.65. The number of hydrogen-bond acceptors (Lipinski definition) is 1. The largest absolute Gasteiger partial charge is 0.508 e. The van der Waals surface area contributed by atoms with Crippen LogP contribution in [-0.2, 0) is 5.41 Å². The molecule has 1 aliphatic carbocycles. The molecule has 1 saturated carbocycles. The Bertz CT molecular complexity index is 601. The van der Waals surface area contributed by atoms with Gasteiger partial charge in [0.1, 0.15) is 5.75 Å². The highest BCUT2D eigenvalue weighted by Gasteiger charge is 2.35. The summed E-state index contributed by atoms with van der Waals surface area (Å²) < 4.78 is 0. The molecule has 0 aromatic heterocycles. The average molecular weight is 278 g/mol. The van der Waals surface area contributed by atoms with Crippen LogP contribution in [0.4, 0.5) is 0 Å². The first kappa shape index (κ1) is 13.9. The Labute approximate surface area is 127 Å². The lowest BCUT2D eigenvalue weighted by Crippen LogP contribution is -2.30. The van der Waals surface area contributed by atoms with Gasteiger partial charge in [0.05, 0.1) is 0 Å². The third kappa shape index (κ3) is 2.61. The Balaban J connectivity index is 2.07. The fourth-order valence-electron chi connectivity index (χ4n) is 3.62. The van der Waals surface area contributed by atoms with Crippen LogP contribution in [0, 0.1) is 0 Å². The molecule has 0 atom stereocenters. The molecule has 2 aromatic carbocycles. The molecule has 0 unspecified atom stereocenters. The minimum absolute atomic E-state index is 0.103. The van der Waals surface area contributed by atoms with E-state index in [0.717, 1.165) is 5.56 Å². The molecule has 108 valence electrons. The zero-order valence-corrected chi connectivity index (χ0v) is 12.4. The Morgan fingerprint density at radius 3 is 1.86 bits per heavy atom. The van der Waals surface area contributed by atoms with Crippen molar-refractivity contribution in [3.05, 3.63) is 71.8 Å². The van der Waals surface area contributed by atoms with Gasteiger partial charge in [-0.05, 0) is 41.7 Å². The van der Waals surface area contributed by atoms with Crippen LogP contribution in [0.1, 0.15) is 48.8 Å². The molecular formula is C20H22O. The quantitative estimate of drug-likeness (QED) is 0.809. The maximum Gasteiger partial charge on any atom is 0.115 e. The van der Waals surface area contributed by atoms with Crippen molar-refractivity contribution in [2.45, 2.75) is 37.5 Å². The van der Waals surface area contributed by atoms with Crippen molar-refractivity contribution in [3.8, 4) is 5.75 Å². The van der Waals surface area contributed by atoms with E-state index in [-0.39, 0.29) is 5.41 Å². The topological polar surface area (TPSA) is 20.2 Å². The fraction of sp³-hybridized carbons (Fsp3) is 0.300. The summed E-state index contributed by atoms with van der Waals surface area (Å²) in [6, 6.07) is 16.6. The van der Waals surface area contributed by atoms with Crippen LogP contribution in [0.15, 0.2) is 55.1 Å². The Hall–Kier alpha value is -2.02. The van der Waals surface area contributed by atoms with E-state index in [2.05, 4.69) is 43.0 Å². The Kier molecular flexibility index (Phi) is 3.83. The van der Waals surface area contributed by atoms with Crippen LogP contribution < -0.4 is 0 Å². The third-order valence-electron chi connectivity index (χ3n) is 4.83. The summed E-state index contributed by atoms with van der Waals surface area (Å²) in [5, 5.41) is 9.57. The van der Waals surface area contributed by atoms with E-state index in [0.29, 0.717) is 5.75 Å². The van der Waals surface area contributed by atoms with Crippen LogP contribution >= 0.6 is 0 Å². The maximum absolute atomic E-state index is 9.57. The Morgan fingerprint density at radius 1 is 0.810 bits per heavy atom. The van der Waals surface area contributed by atoms with E-state index in [1.54, 1.807) is 0 Å². The summed E-state index contributed by atoms with van der Waals surface area (Å²) in [6.45, 7) is 3.83. The molecule has 0 heterocycles.